The van der Waals surface area contributed by atoms with Crippen LogP contribution in [0.15, 0.2) is 60.7 Å². The first-order valence-corrected chi connectivity index (χ1v) is 18.7. The van der Waals surface area contributed by atoms with Gasteiger partial charge in [0.25, 0.3) is 8.32 Å². The predicted octanol–water partition coefficient (Wildman–Crippen LogP) is 7.42. The molecule has 5 nitrogen and oxygen atoms in total. The summed E-state index contributed by atoms with van der Waals surface area (Å²) in [4.78, 5) is 12.1. The van der Waals surface area contributed by atoms with E-state index >= 15 is 0 Å². The van der Waals surface area contributed by atoms with Crippen LogP contribution in [0.2, 0.25) is 5.04 Å². The molecule has 0 spiro atoms. The third kappa shape index (κ3) is 12.5. The van der Waals surface area contributed by atoms with Crippen molar-refractivity contribution in [3.8, 4) is 0 Å². The van der Waals surface area contributed by atoms with E-state index < -0.39 is 50.3 Å². The highest BCUT2D eigenvalue weighted by Crippen LogP contribution is 2.37. The van der Waals surface area contributed by atoms with Gasteiger partial charge in [0.15, 0.2) is 0 Å². The van der Waals surface area contributed by atoms with Crippen LogP contribution < -0.4 is 15.7 Å². The molecular formula is C36H56F3NO4Si. The van der Waals surface area contributed by atoms with Crippen LogP contribution in [0, 0.1) is 0 Å². The van der Waals surface area contributed by atoms with Crippen molar-refractivity contribution >= 4 is 24.6 Å². The molecule has 0 saturated heterocycles. The fraction of sp³-hybridized carbons (Fsp3) is 0.639. The van der Waals surface area contributed by atoms with Gasteiger partial charge in [-0.15, -0.1) is 0 Å². The molecule has 0 aliphatic heterocycles. The number of aliphatic hydroxyl groups excluding tert-OH is 2. The van der Waals surface area contributed by atoms with Crippen molar-refractivity contribution in [3.05, 3.63) is 60.7 Å². The molecule has 2 rings (SSSR count). The molecule has 0 heterocycles. The van der Waals surface area contributed by atoms with E-state index in [1.165, 1.54) is 51.4 Å². The molecule has 0 unspecified atom stereocenters. The lowest BCUT2D eigenvalue weighted by Gasteiger charge is -2.44. The van der Waals surface area contributed by atoms with Crippen molar-refractivity contribution in [1.82, 2.24) is 5.32 Å². The van der Waals surface area contributed by atoms with Crippen molar-refractivity contribution in [1.29, 1.82) is 0 Å². The van der Waals surface area contributed by atoms with E-state index in [0.717, 1.165) is 29.6 Å². The minimum absolute atomic E-state index is 0.218. The van der Waals surface area contributed by atoms with Crippen molar-refractivity contribution in [2.24, 2.45) is 0 Å². The molecule has 0 fully saturated rings. The lowest BCUT2D eigenvalue weighted by molar-refractivity contribution is -0.176. The summed E-state index contributed by atoms with van der Waals surface area (Å²) in [6, 6.07) is 17.7. The molecule has 0 aliphatic rings. The number of unbranched alkanes of at least 4 members (excludes halogenated alkanes) is 11. The summed E-state index contributed by atoms with van der Waals surface area (Å²) in [6.45, 7) is 7.91. The molecule has 0 aromatic heterocycles. The highest BCUT2D eigenvalue weighted by atomic mass is 28.4. The molecular weight excluding hydrogens is 595 g/mol. The summed E-state index contributed by atoms with van der Waals surface area (Å²) in [5.41, 5.74) is 0. The average Bonchev–Trinajstić information content (AvgIpc) is 3.00. The van der Waals surface area contributed by atoms with Crippen LogP contribution in [0.3, 0.4) is 0 Å². The van der Waals surface area contributed by atoms with Crippen molar-refractivity contribution in [2.75, 3.05) is 6.61 Å². The van der Waals surface area contributed by atoms with Crippen molar-refractivity contribution < 1.29 is 32.6 Å². The zero-order chi connectivity index (χ0) is 33.3. The van der Waals surface area contributed by atoms with Gasteiger partial charge in [0.1, 0.15) is 6.10 Å². The second-order valence-corrected chi connectivity index (χ2v) is 17.6. The van der Waals surface area contributed by atoms with E-state index in [1.54, 1.807) is 0 Å². The number of carbonyl (C=O) groups excluding carboxylic acids is 1. The van der Waals surface area contributed by atoms with Gasteiger partial charge in [-0.1, -0.05) is 165 Å². The third-order valence-electron chi connectivity index (χ3n) is 8.63. The molecule has 2 aromatic rings. The Morgan fingerprint density at radius 3 is 1.58 bits per heavy atom. The Balaban J connectivity index is 2.09. The number of benzene rings is 2. The first-order valence-electron chi connectivity index (χ1n) is 16.8. The van der Waals surface area contributed by atoms with E-state index in [1.807, 2.05) is 86.8 Å². The van der Waals surface area contributed by atoms with Gasteiger partial charge in [-0.05, 0) is 21.8 Å². The van der Waals surface area contributed by atoms with Crippen LogP contribution >= 0.6 is 0 Å². The number of alkyl halides is 3. The number of aliphatic hydroxyl groups is 2. The lowest BCUT2D eigenvalue weighted by atomic mass is 9.99. The maximum atomic E-state index is 13.3. The molecule has 254 valence electrons. The maximum Gasteiger partial charge on any atom is 0.471 e. The molecule has 45 heavy (non-hydrogen) atoms. The van der Waals surface area contributed by atoms with E-state index in [2.05, 4.69) is 6.92 Å². The van der Waals surface area contributed by atoms with E-state index in [-0.39, 0.29) is 6.42 Å². The predicted molar refractivity (Wildman–Crippen MR) is 179 cm³/mol. The van der Waals surface area contributed by atoms with Gasteiger partial charge in [-0.3, -0.25) is 4.79 Å². The fourth-order valence-electron chi connectivity index (χ4n) is 6.09. The molecule has 1 amide bonds. The molecule has 2 aromatic carbocycles. The summed E-state index contributed by atoms with van der Waals surface area (Å²) >= 11 is 0. The van der Waals surface area contributed by atoms with Gasteiger partial charge in [0, 0.05) is 0 Å². The average molecular weight is 652 g/mol. The molecule has 9 heteroatoms. The zero-order valence-corrected chi connectivity index (χ0v) is 28.7. The number of nitrogens with one attached hydrogen (secondary N) is 1. The van der Waals surface area contributed by atoms with Crippen LogP contribution in [0.25, 0.3) is 0 Å². The topological polar surface area (TPSA) is 78.8 Å². The lowest BCUT2D eigenvalue weighted by Crippen LogP contribution is -2.68. The van der Waals surface area contributed by atoms with Gasteiger partial charge in [0.2, 0.25) is 0 Å². The molecule has 3 N–H and O–H groups in total. The van der Waals surface area contributed by atoms with Crippen LogP contribution in [0.4, 0.5) is 13.2 Å². The number of halogens is 3. The Morgan fingerprint density at radius 2 is 1.18 bits per heavy atom. The van der Waals surface area contributed by atoms with Crippen LogP contribution in [-0.2, 0) is 9.22 Å². The second-order valence-electron chi connectivity index (χ2n) is 13.3. The SMILES string of the molecule is CCCCCCCCCCCCCC[C@@H](O)[C@@H](O)[C@H](CO[Si](c1ccccc1)(c1ccccc1)C(C)(C)C)NC(=O)C(F)(F)F. The Labute approximate surface area is 270 Å². The largest absolute Gasteiger partial charge is 0.471 e. The quantitative estimate of drug-likeness (QED) is 0.0970. The number of amides is 1. The molecule has 3 atom stereocenters. The normalized spacial score (nSPS) is 14.6. The Morgan fingerprint density at radius 1 is 0.756 bits per heavy atom. The Hall–Kier alpha value is -2.20. The van der Waals surface area contributed by atoms with E-state index in [0.29, 0.717) is 6.42 Å². The Kier molecular flexibility index (Phi) is 16.9. The molecule has 0 saturated carbocycles. The van der Waals surface area contributed by atoms with Crippen molar-refractivity contribution in [2.45, 2.75) is 141 Å². The van der Waals surface area contributed by atoms with Gasteiger partial charge < -0.3 is 20.0 Å². The summed E-state index contributed by atoms with van der Waals surface area (Å²) in [7, 11) is -3.17. The van der Waals surface area contributed by atoms with Gasteiger partial charge in [0.05, 0.1) is 18.8 Å². The molecule has 0 radical (unpaired) electrons. The highest BCUT2D eigenvalue weighted by Gasteiger charge is 2.51. The zero-order valence-electron chi connectivity index (χ0n) is 27.7. The summed E-state index contributed by atoms with van der Waals surface area (Å²) in [5.74, 6) is -2.17. The third-order valence-corrected chi connectivity index (χ3v) is 13.6. The standard InChI is InChI=1S/C36H56F3NO4Si/c1-5-6-7-8-9-10-11-12-13-14-15-22-27-32(41)33(42)31(40-34(43)36(37,38)39)28-44-45(35(2,3)4,29-23-18-16-19-24-29)30-25-20-17-21-26-30/h16-21,23-26,31-33,41-42H,5-15,22,27-28H2,1-4H3,(H,40,43)/t31-,32+,33-/m0/s1. The first-order chi connectivity index (χ1) is 21.3. The summed E-state index contributed by atoms with van der Waals surface area (Å²) < 4.78 is 46.8. The van der Waals surface area contributed by atoms with E-state index in [9.17, 15) is 28.2 Å². The van der Waals surface area contributed by atoms with Crippen LogP contribution in [0.1, 0.15) is 111 Å². The van der Waals surface area contributed by atoms with E-state index in [4.69, 9.17) is 4.43 Å². The minimum Gasteiger partial charge on any atom is -0.405 e. The molecule has 0 aliphatic carbocycles. The monoisotopic (exact) mass is 651 g/mol. The van der Waals surface area contributed by atoms with Gasteiger partial charge in [-0.25, -0.2) is 0 Å². The van der Waals surface area contributed by atoms with Gasteiger partial charge >= 0.3 is 12.1 Å². The number of carbonyl (C=O) groups is 1. The number of hydrogen-bond acceptors (Lipinski definition) is 4. The Bertz CT molecular complexity index is 1040. The second kappa shape index (κ2) is 19.5. The smallest absolute Gasteiger partial charge is 0.405 e. The van der Waals surface area contributed by atoms with Gasteiger partial charge in [-0.2, -0.15) is 13.2 Å². The highest BCUT2D eigenvalue weighted by molar-refractivity contribution is 6.99. The summed E-state index contributed by atoms with van der Waals surface area (Å²) in [5, 5.41) is 25.3. The van der Waals surface area contributed by atoms with Crippen LogP contribution in [-0.4, -0.2) is 55.5 Å². The first kappa shape index (κ1) is 39.0. The fourth-order valence-corrected chi connectivity index (χ4v) is 10.7. The van der Waals surface area contributed by atoms with Crippen LogP contribution in [0.5, 0.6) is 0 Å². The minimum atomic E-state index is -5.14. The maximum absolute atomic E-state index is 13.3. The molecule has 0 bridgehead atoms. The van der Waals surface area contributed by atoms with Crippen molar-refractivity contribution in [3.63, 3.8) is 0 Å². The summed E-state index contributed by atoms with van der Waals surface area (Å²) in [6.07, 6.45) is 5.85. The number of hydrogen-bond donors (Lipinski definition) is 3. The number of rotatable bonds is 21.